The van der Waals surface area contributed by atoms with Crippen molar-refractivity contribution in [3.63, 3.8) is 0 Å². The van der Waals surface area contributed by atoms with Gasteiger partial charge in [-0.25, -0.2) is 13.1 Å². The SMILES string of the molecule is O=S(=O)(Cc1ccccc1)NC[C@H]1CCCN(Cc2cccc3cccnc23)C1. The molecule has 0 bridgehead atoms. The third-order valence-electron chi connectivity index (χ3n) is 5.50. The average Bonchev–Trinajstić information content (AvgIpc) is 2.73. The number of nitrogens with one attached hydrogen (secondary N) is 1. The summed E-state index contributed by atoms with van der Waals surface area (Å²) in [5, 5.41) is 1.16. The van der Waals surface area contributed by atoms with Gasteiger partial charge in [0.25, 0.3) is 0 Å². The molecule has 2 heterocycles. The maximum absolute atomic E-state index is 12.4. The van der Waals surface area contributed by atoms with E-state index in [9.17, 15) is 8.42 Å². The molecule has 152 valence electrons. The molecule has 1 atom stereocenters. The maximum atomic E-state index is 12.4. The molecule has 3 aromatic rings. The van der Waals surface area contributed by atoms with Crippen LogP contribution in [0.1, 0.15) is 24.0 Å². The van der Waals surface area contributed by atoms with Crippen LogP contribution in [0.3, 0.4) is 0 Å². The highest BCUT2D eigenvalue weighted by molar-refractivity contribution is 7.88. The Labute approximate surface area is 172 Å². The molecule has 1 N–H and O–H groups in total. The van der Waals surface area contributed by atoms with Crippen LogP contribution in [-0.2, 0) is 22.3 Å². The van der Waals surface area contributed by atoms with Gasteiger partial charge >= 0.3 is 0 Å². The van der Waals surface area contributed by atoms with Gasteiger partial charge in [0, 0.05) is 31.2 Å². The Bertz CT molecular complexity index is 1050. The number of hydrogen-bond acceptors (Lipinski definition) is 4. The van der Waals surface area contributed by atoms with Crippen molar-refractivity contribution in [2.45, 2.75) is 25.1 Å². The van der Waals surface area contributed by atoms with Crippen LogP contribution >= 0.6 is 0 Å². The lowest BCUT2D eigenvalue weighted by molar-refractivity contribution is 0.169. The second kappa shape index (κ2) is 9.03. The van der Waals surface area contributed by atoms with E-state index < -0.39 is 10.0 Å². The number of rotatable bonds is 7. The van der Waals surface area contributed by atoms with Gasteiger partial charge in [0.2, 0.25) is 10.0 Å². The lowest BCUT2D eigenvalue weighted by atomic mass is 9.97. The number of pyridine rings is 1. The second-order valence-corrected chi connectivity index (χ2v) is 9.64. The number of piperidine rings is 1. The molecule has 1 aliphatic rings. The fourth-order valence-corrected chi connectivity index (χ4v) is 5.31. The van der Waals surface area contributed by atoms with Gasteiger partial charge in [0.15, 0.2) is 0 Å². The first kappa shape index (κ1) is 20.0. The van der Waals surface area contributed by atoms with Crippen LogP contribution in [-0.4, -0.2) is 37.9 Å². The Morgan fingerprint density at radius 1 is 1.03 bits per heavy atom. The van der Waals surface area contributed by atoms with Gasteiger partial charge in [0.1, 0.15) is 0 Å². The van der Waals surface area contributed by atoms with E-state index in [4.69, 9.17) is 0 Å². The van der Waals surface area contributed by atoms with Gasteiger partial charge < -0.3 is 0 Å². The lowest BCUT2D eigenvalue weighted by Crippen LogP contribution is -2.40. The van der Waals surface area contributed by atoms with Crippen LogP contribution in [0.5, 0.6) is 0 Å². The predicted octanol–water partition coefficient (Wildman–Crippen LogP) is 3.57. The Balaban J connectivity index is 1.35. The van der Waals surface area contributed by atoms with E-state index in [1.165, 1.54) is 5.56 Å². The zero-order chi connectivity index (χ0) is 20.1. The summed E-state index contributed by atoms with van der Waals surface area (Å²) in [4.78, 5) is 6.98. The molecular formula is C23H27N3O2S. The van der Waals surface area contributed by atoms with Gasteiger partial charge in [-0.1, -0.05) is 54.6 Å². The predicted molar refractivity (Wildman–Crippen MR) is 117 cm³/mol. The molecule has 2 aromatic carbocycles. The van der Waals surface area contributed by atoms with Crippen molar-refractivity contribution in [1.29, 1.82) is 0 Å². The lowest BCUT2D eigenvalue weighted by Gasteiger charge is -2.33. The molecule has 6 heteroatoms. The molecule has 0 saturated carbocycles. The monoisotopic (exact) mass is 409 g/mol. The summed E-state index contributed by atoms with van der Waals surface area (Å²) in [5.41, 5.74) is 3.10. The van der Waals surface area contributed by atoms with Crippen molar-refractivity contribution in [3.8, 4) is 0 Å². The number of benzene rings is 2. The summed E-state index contributed by atoms with van der Waals surface area (Å²) in [6.07, 6.45) is 3.98. The van der Waals surface area contributed by atoms with E-state index in [1.807, 2.05) is 42.6 Å². The Hall–Kier alpha value is -2.28. The summed E-state index contributed by atoms with van der Waals surface area (Å²) in [6.45, 7) is 3.29. The molecule has 1 saturated heterocycles. The molecule has 0 aliphatic carbocycles. The number of nitrogens with zero attached hydrogens (tertiary/aromatic N) is 2. The van der Waals surface area contributed by atoms with Gasteiger partial charge in [-0.15, -0.1) is 0 Å². The summed E-state index contributed by atoms with van der Waals surface area (Å²) >= 11 is 0. The highest BCUT2D eigenvalue weighted by atomic mass is 32.2. The van der Waals surface area contributed by atoms with E-state index in [1.54, 1.807) is 0 Å². The van der Waals surface area contributed by atoms with Crippen LogP contribution in [0.2, 0.25) is 0 Å². The van der Waals surface area contributed by atoms with Crippen molar-refractivity contribution in [3.05, 3.63) is 78.0 Å². The normalized spacial score (nSPS) is 18.1. The van der Waals surface area contributed by atoms with Gasteiger partial charge in [0.05, 0.1) is 11.3 Å². The molecule has 4 rings (SSSR count). The maximum Gasteiger partial charge on any atom is 0.215 e. The molecule has 1 fully saturated rings. The first-order valence-corrected chi connectivity index (χ1v) is 11.8. The van der Waals surface area contributed by atoms with Crippen molar-refractivity contribution >= 4 is 20.9 Å². The second-order valence-electron chi connectivity index (χ2n) is 7.83. The van der Waals surface area contributed by atoms with Crippen molar-refractivity contribution in [2.24, 2.45) is 5.92 Å². The van der Waals surface area contributed by atoms with Crippen molar-refractivity contribution < 1.29 is 8.42 Å². The molecule has 0 unspecified atom stereocenters. The Morgan fingerprint density at radius 3 is 2.72 bits per heavy atom. The topological polar surface area (TPSA) is 62.3 Å². The summed E-state index contributed by atoms with van der Waals surface area (Å²) < 4.78 is 27.7. The summed E-state index contributed by atoms with van der Waals surface area (Å²) in [6, 6.07) is 19.7. The van der Waals surface area contributed by atoms with E-state index in [0.29, 0.717) is 12.5 Å². The number of likely N-dealkylation sites (tertiary alicyclic amines) is 1. The van der Waals surface area contributed by atoms with Crippen LogP contribution in [0.4, 0.5) is 0 Å². The standard InChI is InChI=1S/C23H27N3O2S/c27-29(28,18-19-7-2-1-3-8-19)25-15-20-9-6-14-26(16-20)17-22-11-4-10-21-12-5-13-24-23(21)22/h1-5,7-8,10-13,20,25H,6,9,14-18H2/t20-/m1/s1. The molecule has 5 nitrogen and oxygen atoms in total. The third-order valence-corrected chi connectivity index (χ3v) is 6.82. The smallest absolute Gasteiger partial charge is 0.215 e. The van der Waals surface area contributed by atoms with E-state index in [-0.39, 0.29) is 5.75 Å². The summed E-state index contributed by atoms with van der Waals surface area (Å²) in [7, 11) is -3.32. The minimum absolute atomic E-state index is 0.0337. The highest BCUT2D eigenvalue weighted by Gasteiger charge is 2.22. The fraction of sp³-hybridized carbons (Fsp3) is 0.348. The largest absolute Gasteiger partial charge is 0.299 e. The van der Waals surface area contributed by atoms with E-state index >= 15 is 0 Å². The Morgan fingerprint density at radius 2 is 1.86 bits per heavy atom. The van der Waals surface area contributed by atoms with Crippen LogP contribution in [0, 0.1) is 5.92 Å². The number of aromatic nitrogens is 1. The molecule has 0 spiro atoms. The van der Waals surface area contributed by atoms with Gasteiger partial charge in [-0.2, -0.15) is 0 Å². The van der Waals surface area contributed by atoms with Crippen LogP contribution < -0.4 is 4.72 Å². The Kier molecular flexibility index (Phi) is 6.23. The van der Waals surface area contributed by atoms with Crippen LogP contribution in [0.15, 0.2) is 66.9 Å². The van der Waals surface area contributed by atoms with Crippen molar-refractivity contribution in [1.82, 2.24) is 14.6 Å². The first-order valence-electron chi connectivity index (χ1n) is 10.2. The number of sulfonamides is 1. The first-order chi connectivity index (χ1) is 14.1. The highest BCUT2D eigenvalue weighted by Crippen LogP contribution is 2.22. The zero-order valence-corrected chi connectivity index (χ0v) is 17.3. The molecule has 1 aliphatic heterocycles. The fourth-order valence-electron chi connectivity index (χ4n) is 4.09. The minimum Gasteiger partial charge on any atom is -0.299 e. The van der Waals surface area contributed by atoms with Gasteiger partial charge in [-0.3, -0.25) is 9.88 Å². The molecule has 0 radical (unpaired) electrons. The zero-order valence-electron chi connectivity index (χ0n) is 16.5. The van der Waals surface area contributed by atoms with Gasteiger partial charge in [-0.05, 0) is 42.5 Å². The molecule has 0 amide bonds. The number of fused-ring (bicyclic) bond motifs is 1. The van der Waals surface area contributed by atoms with E-state index in [0.717, 1.165) is 48.9 Å². The average molecular weight is 410 g/mol. The van der Waals surface area contributed by atoms with Crippen molar-refractivity contribution in [2.75, 3.05) is 19.6 Å². The molecule has 29 heavy (non-hydrogen) atoms. The quantitative estimate of drug-likeness (QED) is 0.648. The summed E-state index contributed by atoms with van der Waals surface area (Å²) in [5.74, 6) is 0.364. The molecular weight excluding hydrogens is 382 g/mol. The third kappa shape index (κ3) is 5.41. The van der Waals surface area contributed by atoms with Crippen LogP contribution in [0.25, 0.3) is 10.9 Å². The molecule has 1 aromatic heterocycles. The number of para-hydroxylation sites is 1. The van der Waals surface area contributed by atoms with E-state index in [2.05, 4.69) is 38.9 Å². The number of hydrogen-bond donors (Lipinski definition) is 1. The minimum atomic E-state index is -3.32.